The van der Waals surface area contributed by atoms with Gasteiger partial charge in [-0.25, -0.2) is 4.39 Å². The van der Waals surface area contributed by atoms with Crippen LogP contribution >= 0.6 is 0 Å². The van der Waals surface area contributed by atoms with Crippen molar-refractivity contribution in [3.05, 3.63) is 35.6 Å². The average molecular weight is 365 g/mol. The molecule has 26 heavy (non-hydrogen) atoms. The average Bonchev–Trinajstić information content (AvgIpc) is 3.16. The number of benzene rings is 1. The fraction of sp³-hybridized carbons (Fsp3) is 0.714. The summed E-state index contributed by atoms with van der Waals surface area (Å²) in [4.78, 5) is 4.91. The Morgan fingerprint density at radius 1 is 1.19 bits per heavy atom. The van der Waals surface area contributed by atoms with Gasteiger partial charge in [0.2, 0.25) is 0 Å². The highest BCUT2D eigenvalue weighted by molar-refractivity contribution is 5.17. The molecule has 0 spiro atoms. The van der Waals surface area contributed by atoms with E-state index >= 15 is 0 Å². The minimum absolute atomic E-state index is 0.0979. The Bertz CT molecular complexity index is 528. The van der Waals surface area contributed by atoms with Crippen molar-refractivity contribution in [2.75, 3.05) is 53.0 Å². The van der Waals surface area contributed by atoms with Crippen molar-refractivity contribution in [2.24, 2.45) is 5.92 Å². The number of nitrogens with zero attached hydrogens (tertiary/aromatic N) is 2. The highest BCUT2D eigenvalue weighted by Gasteiger charge is 2.25. The van der Waals surface area contributed by atoms with Crippen molar-refractivity contribution in [3.8, 4) is 0 Å². The van der Waals surface area contributed by atoms with Gasteiger partial charge in [0.25, 0.3) is 0 Å². The summed E-state index contributed by atoms with van der Waals surface area (Å²) in [7, 11) is 1.76. The quantitative estimate of drug-likeness (QED) is 0.672. The van der Waals surface area contributed by atoms with Gasteiger partial charge in [0.1, 0.15) is 5.82 Å². The molecule has 5 heteroatoms. The second-order valence-corrected chi connectivity index (χ2v) is 7.70. The van der Waals surface area contributed by atoms with Gasteiger partial charge in [-0.1, -0.05) is 18.2 Å². The first-order chi connectivity index (χ1) is 12.7. The molecule has 0 bridgehead atoms. The molecule has 1 aromatic rings. The fourth-order valence-corrected chi connectivity index (χ4v) is 4.13. The molecule has 0 radical (unpaired) electrons. The van der Waals surface area contributed by atoms with Gasteiger partial charge in [0.15, 0.2) is 0 Å². The van der Waals surface area contributed by atoms with Crippen molar-refractivity contribution >= 4 is 0 Å². The lowest BCUT2D eigenvalue weighted by Gasteiger charge is -2.35. The summed E-state index contributed by atoms with van der Waals surface area (Å²) in [5.41, 5.74) is 0.794. The van der Waals surface area contributed by atoms with E-state index in [1.807, 2.05) is 12.1 Å². The molecule has 0 saturated carbocycles. The standard InChI is InChI=1S/C21H33FN2O2/c1-25-14-12-23-10-8-18(9-11-23)15-24(17-20-6-4-13-26-20)16-19-5-2-3-7-21(19)22/h2-3,5,7,18,20H,4,6,8-17H2,1H3/t20-/m1/s1. The second kappa shape index (κ2) is 10.4. The molecular formula is C21H33FN2O2. The molecule has 0 aromatic heterocycles. The monoisotopic (exact) mass is 364 g/mol. The normalized spacial score (nSPS) is 22.3. The Balaban J connectivity index is 1.54. The van der Waals surface area contributed by atoms with E-state index in [9.17, 15) is 4.39 Å². The zero-order valence-corrected chi connectivity index (χ0v) is 16.0. The van der Waals surface area contributed by atoms with Crippen LogP contribution in [0.4, 0.5) is 4.39 Å². The van der Waals surface area contributed by atoms with Crippen LogP contribution in [0.3, 0.4) is 0 Å². The summed E-state index contributed by atoms with van der Waals surface area (Å²) < 4.78 is 25.2. The zero-order chi connectivity index (χ0) is 18.2. The largest absolute Gasteiger partial charge is 0.383 e. The number of ether oxygens (including phenoxy) is 2. The molecule has 2 heterocycles. The first-order valence-electron chi connectivity index (χ1n) is 10.0. The van der Waals surface area contributed by atoms with Gasteiger partial charge in [0.05, 0.1) is 12.7 Å². The van der Waals surface area contributed by atoms with Gasteiger partial charge in [-0.2, -0.15) is 0 Å². The van der Waals surface area contributed by atoms with Crippen LogP contribution in [0.15, 0.2) is 24.3 Å². The highest BCUT2D eigenvalue weighted by Crippen LogP contribution is 2.22. The molecule has 0 amide bonds. The number of hydrogen-bond acceptors (Lipinski definition) is 4. The Morgan fingerprint density at radius 3 is 2.69 bits per heavy atom. The third kappa shape index (κ3) is 6.02. The molecule has 1 aromatic carbocycles. The van der Waals surface area contributed by atoms with Crippen LogP contribution in [-0.2, 0) is 16.0 Å². The summed E-state index contributed by atoms with van der Waals surface area (Å²) >= 11 is 0. The van der Waals surface area contributed by atoms with E-state index in [0.29, 0.717) is 18.6 Å². The molecule has 2 saturated heterocycles. The van der Waals surface area contributed by atoms with E-state index in [0.717, 1.165) is 64.3 Å². The number of likely N-dealkylation sites (tertiary alicyclic amines) is 1. The highest BCUT2D eigenvalue weighted by atomic mass is 19.1. The van der Waals surface area contributed by atoms with Gasteiger partial charge in [0, 0.05) is 45.5 Å². The van der Waals surface area contributed by atoms with E-state index < -0.39 is 0 Å². The Kier molecular flexibility index (Phi) is 7.86. The molecular weight excluding hydrogens is 331 g/mol. The molecule has 0 N–H and O–H groups in total. The lowest BCUT2D eigenvalue weighted by Crippen LogP contribution is -2.41. The second-order valence-electron chi connectivity index (χ2n) is 7.70. The minimum Gasteiger partial charge on any atom is -0.383 e. The van der Waals surface area contributed by atoms with Crippen molar-refractivity contribution in [1.29, 1.82) is 0 Å². The van der Waals surface area contributed by atoms with E-state index in [4.69, 9.17) is 9.47 Å². The molecule has 2 fully saturated rings. The Morgan fingerprint density at radius 2 is 2.00 bits per heavy atom. The van der Waals surface area contributed by atoms with Crippen LogP contribution < -0.4 is 0 Å². The van der Waals surface area contributed by atoms with Crippen LogP contribution in [-0.4, -0.2) is 69.0 Å². The van der Waals surface area contributed by atoms with E-state index in [1.54, 1.807) is 19.2 Å². The van der Waals surface area contributed by atoms with E-state index in [-0.39, 0.29) is 5.82 Å². The lowest BCUT2D eigenvalue weighted by atomic mass is 9.95. The van der Waals surface area contributed by atoms with Gasteiger partial charge >= 0.3 is 0 Å². The zero-order valence-electron chi connectivity index (χ0n) is 16.0. The fourth-order valence-electron chi connectivity index (χ4n) is 4.13. The van der Waals surface area contributed by atoms with Crippen molar-refractivity contribution in [2.45, 2.75) is 38.3 Å². The van der Waals surface area contributed by atoms with Crippen molar-refractivity contribution < 1.29 is 13.9 Å². The van der Waals surface area contributed by atoms with Crippen LogP contribution in [0.5, 0.6) is 0 Å². The first kappa shape index (κ1) is 19.7. The minimum atomic E-state index is -0.0979. The van der Waals surface area contributed by atoms with Crippen LogP contribution in [0.2, 0.25) is 0 Å². The maximum absolute atomic E-state index is 14.1. The van der Waals surface area contributed by atoms with Crippen LogP contribution in [0.25, 0.3) is 0 Å². The summed E-state index contributed by atoms with van der Waals surface area (Å²) in [5, 5.41) is 0. The molecule has 3 rings (SSSR count). The van der Waals surface area contributed by atoms with Gasteiger partial charge in [-0.3, -0.25) is 4.90 Å². The summed E-state index contributed by atoms with van der Waals surface area (Å²) in [6.45, 7) is 7.61. The predicted molar refractivity (Wildman–Crippen MR) is 102 cm³/mol. The number of methoxy groups -OCH3 is 1. The summed E-state index contributed by atoms with van der Waals surface area (Å²) in [5.74, 6) is 0.584. The smallest absolute Gasteiger partial charge is 0.127 e. The van der Waals surface area contributed by atoms with Crippen molar-refractivity contribution in [1.82, 2.24) is 9.80 Å². The molecule has 146 valence electrons. The third-order valence-electron chi connectivity index (χ3n) is 5.67. The first-order valence-corrected chi connectivity index (χ1v) is 10.0. The Hall–Kier alpha value is -1.01. The molecule has 2 aliphatic heterocycles. The molecule has 0 unspecified atom stereocenters. The maximum Gasteiger partial charge on any atom is 0.127 e. The third-order valence-corrected chi connectivity index (χ3v) is 5.67. The van der Waals surface area contributed by atoms with Crippen LogP contribution in [0, 0.1) is 11.7 Å². The number of rotatable bonds is 9. The van der Waals surface area contributed by atoms with Gasteiger partial charge in [-0.15, -0.1) is 0 Å². The van der Waals surface area contributed by atoms with E-state index in [2.05, 4.69) is 9.80 Å². The lowest BCUT2D eigenvalue weighted by molar-refractivity contribution is 0.0548. The van der Waals surface area contributed by atoms with Crippen molar-refractivity contribution in [3.63, 3.8) is 0 Å². The van der Waals surface area contributed by atoms with Gasteiger partial charge < -0.3 is 14.4 Å². The SMILES string of the molecule is COCCN1CCC(CN(Cc2ccccc2F)C[C@H]2CCCO2)CC1. The van der Waals surface area contributed by atoms with Crippen LogP contribution in [0.1, 0.15) is 31.2 Å². The van der Waals surface area contributed by atoms with Gasteiger partial charge in [-0.05, 0) is 50.8 Å². The molecule has 2 aliphatic rings. The molecule has 4 nitrogen and oxygen atoms in total. The summed E-state index contributed by atoms with van der Waals surface area (Å²) in [6.07, 6.45) is 5.01. The number of halogens is 1. The number of piperidine rings is 1. The molecule has 0 aliphatic carbocycles. The molecule has 1 atom stereocenters. The topological polar surface area (TPSA) is 24.9 Å². The number of hydrogen-bond donors (Lipinski definition) is 0. The summed E-state index contributed by atoms with van der Waals surface area (Å²) in [6, 6.07) is 7.16. The maximum atomic E-state index is 14.1. The Labute approximate surface area is 157 Å². The predicted octanol–water partition coefficient (Wildman–Crippen LogP) is 3.17. The van der Waals surface area contributed by atoms with E-state index in [1.165, 1.54) is 12.8 Å².